The van der Waals surface area contributed by atoms with Crippen molar-refractivity contribution in [1.82, 2.24) is 0 Å². The average Bonchev–Trinajstić information content (AvgIpc) is 2.38. The molecule has 2 rings (SSSR count). The van der Waals surface area contributed by atoms with Crippen LogP contribution in [0.3, 0.4) is 0 Å². The van der Waals surface area contributed by atoms with Gasteiger partial charge in [0, 0.05) is 10.0 Å². The van der Waals surface area contributed by atoms with Gasteiger partial charge >= 0.3 is 35.3 Å². The van der Waals surface area contributed by atoms with Crippen LogP contribution in [0.2, 0.25) is 10.0 Å². The quantitative estimate of drug-likeness (QED) is 0.354. The Morgan fingerprint density at radius 1 is 0.632 bits per heavy atom. The summed E-state index contributed by atoms with van der Waals surface area (Å²) in [4.78, 5) is 0. The summed E-state index contributed by atoms with van der Waals surface area (Å²) in [5.74, 6) is 0. The van der Waals surface area contributed by atoms with Gasteiger partial charge in [-0.25, -0.2) is 0 Å². The van der Waals surface area contributed by atoms with E-state index in [9.17, 15) is 0 Å². The van der Waals surface area contributed by atoms with Gasteiger partial charge in [-0.3, -0.25) is 0 Å². The van der Waals surface area contributed by atoms with Crippen LogP contribution < -0.4 is 0 Å². The van der Waals surface area contributed by atoms with Crippen molar-refractivity contribution in [3.05, 3.63) is 83.6 Å². The third-order valence-corrected chi connectivity index (χ3v) is 2.33. The van der Waals surface area contributed by atoms with Crippen molar-refractivity contribution in [1.29, 1.82) is 0 Å². The van der Waals surface area contributed by atoms with Gasteiger partial charge in [-0.05, 0) is 0 Å². The Labute approximate surface area is 141 Å². The number of hydrogen-bond acceptors (Lipinski definition) is 0. The first-order valence-corrected chi connectivity index (χ1v) is 11.4. The number of hydrogen-bond donors (Lipinski definition) is 0. The van der Waals surface area contributed by atoms with Crippen LogP contribution in [0.25, 0.3) is 0 Å². The molecule has 0 aliphatic carbocycles. The fourth-order valence-corrected chi connectivity index (χ4v) is 1.22. The monoisotopic (exact) mass is 515 g/mol. The van der Waals surface area contributed by atoms with Gasteiger partial charge < -0.3 is 0 Å². The van der Waals surface area contributed by atoms with E-state index in [0.717, 1.165) is 21.2 Å². The van der Waals surface area contributed by atoms with Crippen molar-refractivity contribution in [2.75, 3.05) is 0 Å². The molecule has 19 heavy (non-hydrogen) atoms. The van der Waals surface area contributed by atoms with Crippen molar-refractivity contribution >= 4 is 42.0 Å². The Balaban J connectivity index is 0.000000284. The predicted octanol–water partition coefficient (Wildman–Crippen LogP) is 6.42. The minimum atomic E-state index is -0.472. The maximum atomic E-state index is 5.58. The summed E-state index contributed by atoms with van der Waals surface area (Å²) < 4.78 is 0. The molecule has 0 spiro atoms. The topological polar surface area (TPSA) is 0 Å². The number of benzene rings is 2. The molecule has 0 heterocycles. The Hall–Kier alpha value is 0.0283. The summed E-state index contributed by atoms with van der Waals surface area (Å²) in [7, 11) is 9.75. The summed E-state index contributed by atoms with van der Waals surface area (Å²) in [6.07, 6.45) is 0. The summed E-state index contributed by atoms with van der Waals surface area (Å²) in [6.45, 7) is 7.41. The van der Waals surface area contributed by atoms with Crippen molar-refractivity contribution < 1.29 is 16.5 Å². The van der Waals surface area contributed by atoms with E-state index in [4.69, 9.17) is 42.0 Å². The first-order chi connectivity index (χ1) is 8.99. The van der Waals surface area contributed by atoms with Gasteiger partial charge in [-0.2, -0.15) is 49.2 Å². The molecule has 0 bridgehead atoms. The van der Waals surface area contributed by atoms with Gasteiger partial charge in [-0.15, -0.1) is 0 Å². The molecule has 0 fully saturated rings. The molecule has 0 saturated carbocycles. The molecule has 0 atom stereocenters. The van der Waals surface area contributed by atoms with E-state index in [0.29, 0.717) is 0 Å². The average molecular weight is 517 g/mol. The van der Waals surface area contributed by atoms with Crippen molar-refractivity contribution in [2.24, 2.45) is 0 Å². The first-order valence-electron chi connectivity index (χ1n) is 4.97. The van der Waals surface area contributed by atoms with E-state index in [1.165, 1.54) is 0 Å². The van der Waals surface area contributed by atoms with Crippen LogP contribution in [0, 0.1) is 13.8 Å². The van der Waals surface area contributed by atoms with Gasteiger partial charge in [0.1, 0.15) is 0 Å². The van der Waals surface area contributed by atoms with Gasteiger partial charge in [0.05, 0.1) is 0 Å². The van der Waals surface area contributed by atoms with Crippen LogP contribution in [0.1, 0.15) is 11.1 Å². The van der Waals surface area contributed by atoms with E-state index < -0.39 is 16.5 Å². The zero-order valence-electron chi connectivity index (χ0n) is 9.86. The summed E-state index contributed by atoms with van der Waals surface area (Å²) in [5.41, 5.74) is 1.99. The molecule has 0 radical (unpaired) electrons. The van der Waals surface area contributed by atoms with Gasteiger partial charge in [-0.1, -0.05) is 47.5 Å². The predicted molar refractivity (Wildman–Crippen MR) is 83.5 cm³/mol. The molecule has 0 N–H and O–H groups in total. The molecule has 0 amide bonds. The molecule has 0 unspecified atom stereocenters. The fraction of sp³-hybridized carbons (Fsp3) is 0. The van der Waals surface area contributed by atoms with Crippen LogP contribution in [0.4, 0.5) is 0 Å². The Morgan fingerprint density at radius 2 is 0.842 bits per heavy atom. The molecule has 2 aromatic carbocycles. The number of halogens is 4. The maximum absolute atomic E-state index is 5.58. The Morgan fingerprint density at radius 3 is 1.00 bits per heavy atom. The minimum absolute atomic E-state index is 0.472. The second kappa shape index (κ2) is 11.8. The first kappa shape index (κ1) is 19.0. The molecule has 0 aliphatic heterocycles. The van der Waals surface area contributed by atoms with Crippen molar-refractivity contribution in [2.45, 2.75) is 0 Å². The molecule has 0 nitrogen and oxygen atoms in total. The van der Waals surface area contributed by atoms with Crippen molar-refractivity contribution in [3.8, 4) is 0 Å². The molecule has 2 aromatic rings. The van der Waals surface area contributed by atoms with Crippen LogP contribution >= 0.6 is 42.0 Å². The molecule has 0 aromatic heterocycles. The van der Waals surface area contributed by atoms with E-state index in [1.54, 1.807) is 0 Å². The van der Waals surface area contributed by atoms with Crippen LogP contribution in [-0.4, -0.2) is 0 Å². The summed E-state index contributed by atoms with van der Waals surface area (Å²) >= 11 is 10.7. The molecular weight excluding hydrogens is 505 g/mol. The second-order valence-electron chi connectivity index (χ2n) is 3.30. The van der Waals surface area contributed by atoms with E-state index in [2.05, 4.69) is 13.8 Å². The third-order valence-electron chi connectivity index (χ3n) is 1.83. The normalized spacial score (nSPS) is 8.84. The zero-order chi connectivity index (χ0) is 14.7. The second-order valence-corrected chi connectivity index (χ2v) is 7.45. The molecule has 0 saturated heterocycles. The van der Waals surface area contributed by atoms with Crippen LogP contribution in [-0.2, 0) is 16.5 Å². The van der Waals surface area contributed by atoms with Crippen molar-refractivity contribution in [3.63, 3.8) is 0 Å². The van der Waals surface area contributed by atoms with E-state index in [-0.39, 0.29) is 0 Å². The summed E-state index contributed by atoms with van der Waals surface area (Å²) in [5, 5.41) is 1.52. The van der Waals surface area contributed by atoms with E-state index in [1.807, 2.05) is 48.5 Å². The van der Waals surface area contributed by atoms with Gasteiger partial charge in [0.2, 0.25) is 0 Å². The zero-order valence-corrected chi connectivity index (χ0v) is 15.2. The van der Waals surface area contributed by atoms with Crippen LogP contribution in [0.5, 0.6) is 0 Å². The standard InChI is InChI=1S/2C7H6Cl.2ClH.Pt/c2*1-6-2-4-7(8)5-3-6;;;/h2*2-5H,1H2;2*1H;/q2*-1;;;+4/p-2. The van der Waals surface area contributed by atoms with Crippen LogP contribution in [0.15, 0.2) is 48.5 Å². The number of rotatable bonds is 0. The SMILES string of the molecule is [CH2-]c1ccc(Cl)cc1.[CH2-]c1ccc(Cl)cc1.[Cl][Pt+2][Cl]. The Bertz CT molecular complexity index is 355. The van der Waals surface area contributed by atoms with Gasteiger partial charge in [0.25, 0.3) is 0 Å². The molecule has 5 heteroatoms. The molecular formula is C14H12Cl4Pt. The molecule has 106 valence electrons. The van der Waals surface area contributed by atoms with Gasteiger partial charge in [0.15, 0.2) is 0 Å². The van der Waals surface area contributed by atoms with E-state index >= 15 is 0 Å². The fourth-order valence-electron chi connectivity index (χ4n) is 0.969. The summed E-state index contributed by atoms with van der Waals surface area (Å²) in [6, 6.07) is 14.8. The molecule has 0 aliphatic rings. The Kier molecular flexibility index (Phi) is 11.8. The third kappa shape index (κ3) is 11.5.